The van der Waals surface area contributed by atoms with Gasteiger partial charge in [0.2, 0.25) is 0 Å². The molecule has 0 fully saturated rings. The molecule has 0 amide bonds. The molecule has 0 saturated heterocycles. The first-order valence-electron chi connectivity index (χ1n) is 5.03. The summed E-state index contributed by atoms with van der Waals surface area (Å²) in [4.78, 5) is 1.11. The quantitative estimate of drug-likeness (QED) is 0.388. The molecule has 1 aromatic carbocycles. The molecule has 0 spiro atoms. The summed E-state index contributed by atoms with van der Waals surface area (Å²) in [5, 5.41) is 0. The Balaban J connectivity index is 0.00000180. The third-order valence-electron chi connectivity index (χ3n) is 2.52. The van der Waals surface area contributed by atoms with Gasteiger partial charge in [0, 0.05) is 11.3 Å². The predicted molar refractivity (Wildman–Crippen MR) is 77.9 cm³/mol. The molecule has 0 unspecified atom stereocenters. The monoisotopic (exact) mass is 342 g/mol. The minimum absolute atomic E-state index is 0. The Labute approximate surface area is 148 Å². The van der Waals surface area contributed by atoms with Crippen molar-refractivity contribution in [1.82, 2.24) is 0 Å². The number of benzene rings is 1. The molecule has 0 saturated carbocycles. The fourth-order valence-electron chi connectivity index (χ4n) is 1.52. The van der Waals surface area contributed by atoms with Crippen molar-refractivity contribution < 1.29 is 44.0 Å². The van der Waals surface area contributed by atoms with Gasteiger partial charge in [0.05, 0.1) is 4.90 Å². The fourth-order valence-corrected chi connectivity index (χ4v) is 4.67. The van der Waals surface area contributed by atoms with Gasteiger partial charge in [-0.3, -0.25) is 4.55 Å². The van der Waals surface area contributed by atoms with Gasteiger partial charge >= 0.3 is 29.6 Å². The second-order valence-corrected chi connectivity index (χ2v) is 8.23. The van der Waals surface area contributed by atoms with Crippen LogP contribution in [0, 0.1) is 10.7 Å². The zero-order chi connectivity index (χ0) is 13.3. The van der Waals surface area contributed by atoms with E-state index in [9.17, 15) is 8.42 Å². The van der Waals surface area contributed by atoms with Gasteiger partial charge in [-0.1, -0.05) is 45.0 Å². The van der Waals surface area contributed by atoms with Gasteiger partial charge in [0.15, 0.2) is 0 Å². The largest absolute Gasteiger partial charge is 1.00 e. The van der Waals surface area contributed by atoms with Crippen molar-refractivity contribution in [3.05, 3.63) is 44.1 Å². The maximum absolute atomic E-state index is 10.9. The van der Waals surface area contributed by atoms with Crippen molar-refractivity contribution in [2.75, 3.05) is 0 Å². The summed E-state index contributed by atoms with van der Waals surface area (Å²) in [6.07, 6.45) is 0.691. The smallest absolute Gasteiger partial charge is 1.00 e. The first-order chi connectivity index (χ1) is 8.38. The topological polar surface area (TPSA) is 54.4 Å². The summed E-state index contributed by atoms with van der Waals surface area (Å²) >= 11 is 5.25. The molecule has 98 valence electrons. The Hall–Kier alpha value is 0.400. The summed E-state index contributed by atoms with van der Waals surface area (Å²) in [5.74, 6) is 0. The van der Waals surface area contributed by atoms with Crippen LogP contribution in [0.15, 0.2) is 29.2 Å². The van der Waals surface area contributed by atoms with Crippen LogP contribution in [-0.4, -0.2) is 13.0 Å². The average Bonchev–Trinajstić information content (AvgIpc) is 2.60. The van der Waals surface area contributed by atoms with E-state index < -0.39 is 10.1 Å². The van der Waals surface area contributed by atoms with E-state index in [1.165, 1.54) is 17.0 Å². The van der Waals surface area contributed by atoms with E-state index in [0.717, 1.165) is 15.0 Å². The van der Waals surface area contributed by atoms with Gasteiger partial charge in [0.25, 0.3) is 10.1 Å². The van der Waals surface area contributed by atoms with E-state index in [-0.39, 0.29) is 35.9 Å². The van der Waals surface area contributed by atoms with Crippen LogP contribution in [-0.2, 0) is 16.5 Å². The molecule has 0 atom stereocenters. The van der Waals surface area contributed by atoms with Crippen LogP contribution >= 0.6 is 32.9 Å². The fraction of sp³-hybridized carbons (Fsp3) is 0.182. The van der Waals surface area contributed by atoms with Gasteiger partial charge in [-0.15, -0.1) is 0 Å². The molecular formula is C11H11NaO3S4. The van der Waals surface area contributed by atoms with E-state index in [0.29, 0.717) is 6.42 Å². The van der Waals surface area contributed by atoms with Crippen LogP contribution in [0.5, 0.6) is 0 Å². The zero-order valence-corrected chi connectivity index (χ0v) is 15.7. The van der Waals surface area contributed by atoms with Crippen LogP contribution in [0.3, 0.4) is 0 Å². The molecule has 0 bridgehead atoms. The van der Waals surface area contributed by atoms with Crippen molar-refractivity contribution in [1.29, 1.82) is 0 Å². The van der Waals surface area contributed by atoms with E-state index in [1.54, 1.807) is 32.8 Å². The van der Waals surface area contributed by atoms with Crippen LogP contribution in [0.1, 0.15) is 17.4 Å². The van der Waals surface area contributed by atoms with Crippen molar-refractivity contribution in [3.63, 3.8) is 0 Å². The van der Waals surface area contributed by atoms with E-state index in [1.807, 2.05) is 6.92 Å². The molecule has 1 heterocycles. The molecule has 8 heteroatoms. The summed E-state index contributed by atoms with van der Waals surface area (Å²) in [6.45, 7) is 2.03. The average molecular weight is 342 g/mol. The number of hydrogen-bond donors (Lipinski definition) is 1. The summed E-state index contributed by atoms with van der Waals surface area (Å²) in [5.41, 5.74) is 2.10. The summed E-state index contributed by atoms with van der Waals surface area (Å²) in [7, 11) is -0.877. The van der Waals surface area contributed by atoms with Gasteiger partial charge in [-0.25, -0.2) is 0 Å². The molecule has 1 aromatic heterocycles. The SMILES string of the molecule is Cc1ssc(=S)c1Cc1ccc(S(=O)(=O)O)cc1.[H-].[Na+]. The molecular weight excluding hydrogens is 331 g/mol. The molecule has 19 heavy (non-hydrogen) atoms. The zero-order valence-electron chi connectivity index (χ0n) is 11.4. The maximum Gasteiger partial charge on any atom is 1.00 e. The van der Waals surface area contributed by atoms with Crippen LogP contribution in [0.25, 0.3) is 0 Å². The normalized spacial score (nSPS) is 11.1. The molecule has 0 aliphatic heterocycles. The third kappa shape index (κ3) is 4.44. The maximum atomic E-state index is 10.9. The van der Waals surface area contributed by atoms with Crippen LogP contribution < -0.4 is 29.6 Å². The van der Waals surface area contributed by atoms with Gasteiger partial charge < -0.3 is 1.43 Å². The number of rotatable bonds is 3. The Morgan fingerprint density at radius 1 is 1.26 bits per heavy atom. The molecule has 2 rings (SSSR count). The van der Waals surface area contributed by atoms with Crippen LogP contribution in [0.4, 0.5) is 0 Å². The molecule has 0 aliphatic carbocycles. The van der Waals surface area contributed by atoms with Crippen molar-refractivity contribution in [3.8, 4) is 0 Å². The van der Waals surface area contributed by atoms with E-state index in [4.69, 9.17) is 16.8 Å². The van der Waals surface area contributed by atoms with E-state index in [2.05, 4.69) is 0 Å². The standard InChI is InChI=1S/C11H10O3S4.Na.H/c1-7-10(11(15)17-16-7)6-8-2-4-9(5-3-8)18(12,13)14;;/h2-5H,6H2,1H3,(H,12,13,14);;/q;+1;-1. The molecule has 0 radical (unpaired) electrons. The number of hydrogen-bond acceptors (Lipinski definition) is 5. The van der Waals surface area contributed by atoms with Gasteiger partial charge in [-0.05, 0) is 30.2 Å². The first kappa shape index (κ1) is 17.5. The van der Waals surface area contributed by atoms with Crippen molar-refractivity contribution >= 4 is 43.0 Å². The predicted octanol–water partition coefficient (Wildman–Crippen LogP) is 0.802. The molecule has 0 aliphatic rings. The van der Waals surface area contributed by atoms with Gasteiger partial charge in [0.1, 0.15) is 3.82 Å². The second kappa shape index (κ2) is 6.91. The second-order valence-electron chi connectivity index (χ2n) is 3.78. The third-order valence-corrected chi connectivity index (χ3v) is 6.67. The van der Waals surface area contributed by atoms with E-state index >= 15 is 0 Å². The Morgan fingerprint density at radius 2 is 1.84 bits per heavy atom. The van der Waals surface area contributed by atoms with Crippen molar-refractivity contribution in [2.45, 2.75) is 18.2 Å². The minimum Gasteiger partial charge on any atom is -1.00 e. The number of aryl methyl sites for hydroxylation is 1. The molecule has 1 N–H and O–H groups in total. The van der Waals surface area contributed by atoms with Crippen LogP contribution in [0.2, 0.25) is 0 Å². The molecule has 2 aromatic rings. The Kier molecular flexibility index (Phi) is 6.34. The molecule has 3 nitrogen and oxygen atoms in total. The Bertz CT molecular complexity index is 719. The first-order valence-corrected chi connectivity index (χ1v) is 9.03. The van der Waals surface area contributed by atoms with Crippen molar-refractivity contribution in [2.24, 2.45) is 0 Å². The Morgan fingerprint density at radius 3 is 2.26 bits per heavy atom. The minimum atomic E-state index is -4.11. The van der Waals surface area contributed by atoms with Gasteiger partial charge in [-0.2, -0.15) is 8.42 Å². The summed E-state index contributed by atoms with van der Waals surface area (Å²) in [6, 6.07) is 6.19. The summed E-state index contributed by atoms with van der Waals surface area (Å²) < 4.78 is 31.6.